The van der Waals surface area contributed by atoms with Gasteiger partial charge in [-0.15, -0.1) is 0 Å². The molecule has 0 unspecified atom stereocenters. The molecule has 0 radical (unpaired) electrons. The highest BCUT2D eigenvalue weighted by Gasteiger charge is 2.49. The van der Waals surface area contributed by atoms with Crippen molar-refractivity contribution in [3.8, 4) is 0 Å². The van der Waals surface area contributed by atoms with Crippen LogP contribution in [0.5, 0.6) is 0 Å². The van der Waals surface area contributed by atoms with Crippen LogP contribution in [0.15, 0.2) is 30.3 Å². The Balaban J connectivity index is 1.84. The molecule has 2 aliphatic rings. The van der Waals surface area contributed by atoms with E-state index in [1.807, 2.05) is 37.3 Å². The fourth-order valence-electron chi connectivity index (χ4n) is 3.32. The molecule has 1 heterocycles. The molecule has 0 bridgehead atoms. The summed E-state index contributed by atoms with van der Waals surface area (Å²) in [5.41, 5.74) is 0.929. The largest absolute Gasteiger partial charge is 0.361 e. The van der Waals surface area contributed by atoms with E-state index in [4.69, 9.17) is 4.74 Å². The molecule has 2 N–H and O–H groups in total. The lowest BCUT2D eigenvalue weighted by Crippen LogP contribution is -2.64. The SMILES string of the molecule is C[C@@H]1NC2(CCCC2)CO[C@@]1(O)c1ccccc1. The zero-order valence-electron chi connectivity index (χ0n) is 10.9. The van der Waals surface area contributed by atoms with E-state index in [1.54, 1.807) is 0 Å². The predicted molar refractivity (Wildman–Crippen MR) is 70.1 cm³/mol. The molecule has 2 fully saturated rings. The monoisotopic (exact) mass is 247 g/mol. The maximum atomic E-state index is 10.8. The second-order valence-corrected chi connectivity index (χ2v) is 5.70. The predicted octanol–water partition coefficient (Wildman–Crippen LogP) is 2.15. The van der Waals surface area contributed by atoms with Gasteiger partial charge in [0.25, 0.3) is 0 Å². The lowest BCUT2D eigenvalue weighted by molar-refractivity contribution is -0.266. The van der Waals surface area contributed by atoms with Crippen molar-refractivity contribution in [3.05, 3.63) is 35.9 Å². The van der Waals surface area contributed by atoms with Crippen LogP contribution in [0.2, 0.25) is 0 Å². The molecule has 0 aromatic heterocycles. The van der Waals surface area contributed by atoms with Crippen molar-refractivity contribution >= 4 is 0 Å². The summed E-state index contributed by atoms with van der Waals surface area (Å²) in [4.78, 5) is 0. The Hall–Kier alpha value is -0.900. The van der Waals surface area contributed by atoms with E-state index in [-0.39, 0.29) is 11.6 Å². The van der Waals surface area contributed by atoms with Crippen molar-refractivity contribution in [2.24, 2.45) is 0 Å². The number of nitrogens with one attached hydrogen (secondary N) is 1. The summed E-state index contributed by atoms with van der Waals surface area (Å²) in [6.07, 6.45) is 4.82. The number of rotatable bonds is 1. The van der Waals surface area contributed by atoms with Crippen LogP contribution in [0.4, 0.5) is 0 Å². The van der Waals surface area contributed by atoms with Gasteiger partial charge in [0.05, 0.1) is 12.6 Å². The van der Waals surface area contributed by atoms with Crippen molar-refractivity contribution in [1.82, 2.24) is 5.32 Å². The van der Waals surface area contributed by atoms with E-state index in [1.165, 1.54) is 12.8 Å². The lowest BCUT2D eigenvalue weighted by atomic mass is 9.89. The molecular weight excluding hydrogens is 226 g/mol. The van der Waals surface area contributed by atoms with Crippen LogP contribution in [0.25, 0.3) is 0 Å². The highest BCUT2D eigenvalue weighted by atomic mass is 16.6. The van der Waals surface area contributed by atoms with Gasteiger partial charge in [0.2, 0.25) is 5.79 Å². The first kappa shape index (κ1) is 12.2. The molecule has 1 aliphatic heterocycles. The van der Waals surface area contributed by atoms with Gasteiger partial charge in [-0.25, -0.2) is 0 Å². The molecule has 1 saturated carbocycles. The van der Waals surface area contributed by atoms with Crippen molar-refractivity contribution in [1.29, 1.82) is 0 Å². The van der Waals surface area contributed by atoms with Crippen molar-refractivity contribution in [2.45, 2.75) is 50.0 Å². The molecule has 1 aliphatic carbocycles. The summed E-state index contributed by atoms with van der Waals surface area (Å²) in [5, 5.41) is 14.4. The van der Waals surface area contributed by atoms with Gasteiger partial charge in [-0.3, -0.25) is 0 Å². The zero-order valence-corrected chi connectivity index (χ0v) is 10.9. The highest BCUT2D eigenvalue weighted by Crippen LogP contribution is 2.39. The molecule has 3 nitrogen and oxygen atoms in total. The molecule has 0 amide bonds. The smallest absolute Gasteiger partial charge is 0.208 e. The first-order valence-corrected chi connectivity index (χ1v) is 6.84. The first-order chi connectivity index (χ1) is 8.65. The molecule has 3 heteroatoms. The number of ether oxygens (including phenoxy) is 1. The van der Waals surface area contributed by atoms with Crippen LogP contribution < -0.4 is 5.32 Å². The number of hydrogen-bond donors (Lipinski definition) is 2. The van der Waals surface area contributed by atoms with E-state index in [0.717, 1.165) is 18.4 Å². The first-order valence-electron chi connectivity index (χ1n) is 6.84. The Morgan fingerprint density at radius 3 is 2.50 bits per heavy atom. The van der Waals surface area contributed by atoms with E-state index >= 15 is 0 Å². The van der Waals surface area contributed by atoms with Gasteiger partial charge in [-0.1, -0.05) is 43.2 Å². The molecule has 3 rings (SSSR count). The average Bonchev–Trinajstić information content (AvgIpc) is 2.84. The molecule has 18 heavy (non-hydrogen) atoms. The maximum absolute atomic E-state index is 10.8. The van der Waals surface area contributed by atoms with E-state index in [0.29, 0.717) is 6.61 Å². The van der Waals surface area contributed by atoms with Crippen LogP contribution in [0, 0.1) is 0 Å². The van der Waals surface area contributed by atoms with E-state index < -0.39 is 5.79 Å². The number of hydrogen-bond acceptors (Lipinski definition) is 3. The second kappa shape index (κ2) is 4.34. The van der Waals surface area contributed by atoms with Gasteiger partial charge in [-0.05, 0) is 19.8 Å². The summed E-state index contributed by atoms with van der Waals surface area (Å²) in [7, 11) is 0. The summed E-state index contributed by atoms with van der Waals surface area (Å²) in [6, 6.07) is 9.57. The standard InChI is InChI=1S/C15H21NO2/c1-12-15(17,13-7-3-2-4-8-13)18-11-14(16-12)9-5-6-10-14/h2-4,7-8,12,16-17H,5-6,9-11H2,1H3/t12-,15+/m0/s1. The molecule has 1 aromatic rings. The number of morpholine rings is 1. The topological polar surface area (TPSA) is 41.5 Å². The van der Waals surface area contributed by atoms with Gasteiger partial charge >= 0.3 is 0 Å². The van der Waals surface area contributed by atoms with E-state index in [2.05, 4.69) is 5.32 Å². The van der Waals surface area contributed by atoms with E-state index in [9.17, 15) is 5.11 Å². The quantitative estimate of drug-likeness (QED) is 0.799. The molecule has 1 saturated heterocycles. The summed E-state index contributed by atoms with van der Waals surface area (Å²) >= 11 is 0. The zero-order chi connectivity index (χ0) is 12.6. The summed E-state index contributed by atoms with van der Waals surface area (Å²) in [5.74, 6) is -1.20. The van der Waals surface area contributed by atoms with Crippen LogP contribution >= 0.6 is 0 Å². The third kappa shape index (κ3) is 1.87. The Morgan fingerprint density at radius 2 is 1.89 bits per heavy atom. The van der Waals surface area contributed by atoms with Crippen LogP contribution in [0.1, 0.15) is 38.2 Å². The Morgan fingerprint density at radius 1 is 1.22 bits per heavy atom. The molecule has 1 spiro atoms. The van der Waals surface area contributed by atoms with Gasteiger partial charge in [0.1, 0.15) is 0 Å². The minimum Gasteiger partial charge on any atom is -0.361 e. The number of benzene rings is 1. The molecule has 1 aromatic carbocycles. The van der Waals surface area contributed by atoms with Crippen molar-refractivity contribution < 1.29 is 9.84 Å². The number of aliphatic hydroxyl groups is 1. The fraction of sp³-hybridized carbons (Fsp3) is 0.600. The van der Waals surface area contributed by atoms with Gasteiger partial charge in [0.15, 0.2) is 0 Å². The average molecular weight is 247 g/mol. The molecule has 2 atom stereocenters. The Kier molecular flexibility index (Phi) is 2.93. The Labute approximate surface area is 108 Å². The third-order valence-electron chi connectivity index (χ3n) is 4.43. The van der Waals surface area contributed by atoms with Gasteiger partial charge < -0.3 is 15.2 Å². The second-order valence-electron chi connectivity index (χ2n) is 5.70. The van der Waals surface area contributed by atoms with Crippen molar-refractivity contribution in [2.75, 3.05) is 6.61 Å². The third-order valence-corrected chi connectivity index (χ3v) is 4.43. The summed E-state index contributed by atoms with van der Waals surface area (Å²) in [6.45, 7) is 2.61. The van der Waals surface area contributed by atoms with Gasteiger partial charge in [0, 0.05) is 11.1 Å². The minimum absolute atomic E-state index is 0.0910. The normalized spacial score (nSPS) is 34.9. The fourth-order valence-corrected chi connectivity index (χ4v) is 3.32. The maximum Gasteiger partial charge on any atom is 0.208 e. The summed E-state index contributed by atoms with van der Waals surface area (Å²) < 4.78 is 5.89. The highest BCUT2D eigenvalue weighted by molar-refractivity contribution is 5.23. The minimum atomic E-state index is -1.20. The van der Waals surface area contributed by atoms with Crippen LogP contribution in [0.3, 0.4) is 0 Å². The van der Waals surface area contributed by atoms with Crippen LogP contribution in [-0.4, -0.2) is 23.3 Å². The van der Waals surface area contributed by atoms with Crippen molar-refractivity contribution in [3.63, 3.8) is 0 Å². The van der Waals surface area contributed by atoms with Gasteiger partial charge in [-0.2, -0.15) is 0 Å². The van der Waals surface area contributed by atoms with Crippen LogP contribution in [-0.2, 0) is 10.5 Å². The lowest BCUT2D eigenvalue weighted by Gasteiger charge is -2.47. The molecule has 98 valence electrons. The Bertz CT molecular complexity index is 414. The molecular formula is C15H21NO2.